The first kappa shape index (κ1) is 11.9. The van der Waals surface area contributed by atoms with Crippen molar-refractivity contribution in [3.63, 3.8) is 0 Å². The van der Waals surface area contributed by atoms with Crippen molar-refractivity contribution >= 4 is 21.7 Å². The second-order valence-corrected chi connectivity index (χ2v) is 4.41. The fraction of sp³-hybridized carbons (Fsp3) is 0.0769. The van der Waals surface area contributed by atoms with Crippen LogP contribution in [0.1, 0.15) is 21.6 Å². The molecule has 0 radical (unpaired) electrons. The van der Waals surface area contributed by atoms with E-state index in [4.69, 9.17) is 0 Å². The largest absolute Gasteiger partial charge is 0.289 e. The number of halogens is 2. The Bertz CT molecular complexity index is 566. The number of aromatic nitrogens is 1. The highest BCUT2D eigenvalue weighted by Crippen LogP contribution is 2.22. The molecule has 0 amide bonds. The van der Waals surface area contributed by atoms with Gasteiger partial charge < -0.3 is 0 Å². The summed E-state index contributed by atoms with van der Waals surface area (Å²) < 4.78 is 13.5. The number of hydrogen-bond donors (Lipinski definition) is 0. The Labute approximate surface area is 107 Å². The van der Waals surface area contributed by atoms with Crippen LogP contribution in [-0.2, 0) is 0 Å². The predicted octanol–water partition coefficient (Wildman–Crippen LogP) is 3.52. The fourth-order valence-electron chi connectivity index (χ4n) is 1.44. The van der Waals surface area contributed by atoms with Crippen molar-refractivity contribution in [2.24, 2.45) is 0 Å². The van der Waals surface area contributed by atoms with Crippen LogP contribution in [0, 0.1) is 12.7 Å². The molecule has 0 saturated heterocycles. The quantitative estimate of drug-likeness (QED) is 0.793. The minimum atomic E-state index is -0.448. The van der Waals surface area contributed by atoms with Gasteiger partial charge in [0.15, 0.2) is 5.78 Å². The molecule has 0 unspecified atom stereocenters. The lowest BCUT2D eigenvalue weighted by molar-refractivity contribution is 0.103. The predicted molar refractivity (Wildman–Crippen MR) is 66.5 cm³/mol. The molecule has 2 rings (SSSR count). The molecule has 4 heteroatoms. The van der Waals surface area contributed by atoms with Crippen molar-refractivity contribution in [1.29, 1.82) is 0 Å². The lowest BCUT2D eigenvalue weighted by atomic mass is 10.0. The number of rotatable bonds is 2. The molecule has 2 nitrogen and oxygen atoms in total. The highest BCUT2D eigenvalue weighted by molar-refractivity contribution is 9.10. The molecule has 1 heterocycles. The highest BCUT2D eigenvalue weighted by Gasteiger charge is 2.14. The Balaban J connectivity index is 2.44. The number of nitrogens with zero attached hydrogens (tertiary/aromatic N) is 1. The van der Waals surface area contributed by atoms with Crippen molar-refractivity contribution < 1.29 is 9.18 Å². The van der Waals surface area contributed by atoms with Crippen molar-refractivity contribution in [2.75, 3.05) is 0 Å². The van der Waals surface area contributed by atoms with Crippen LogP contribution in [0.5, 0.6) is 0 Å². The summed E-state index contributed by atoms with van der Waals surface area (Å²) in [5.74, 6) is -0.695. The number of hydrogen-bond acceptors (Lipinski definition) is 2. The highest BCUT2D eigenvalue weighted by atomic mass is 79.9. The van der Waals surface area contributed by atoms with Gasteiger partial charge in [-0.25, -0.2) is 4.39 Å². The minimum Gasteiger partial charge on any atom is -0.289 e. The van der Waals surface area contributed by atoms with E-state index < -0.39 is 5.82 Å². The van der Waals surface area contributed by atoms with Crippen LogP contribution in [0.4, 0.5) is 4.39 Å². The maximum atomic E-state index is 13.3. The summed E-state index contributed by atoms with van der Waals surface area (Å²) in [5, 5.41) is 0. The molecule has 1 aromatic carbocycles. The minimum absolute atomic E-state index is 0.186. The first-order valence-corrected chi connectivity index (χ1v) is 5.80. The summed E-state index contributed by atoms with van der Waals surface area (Å²) in [5.41, 5.74) is 1.58. The third-order valence-electron chi connectivity index (χ3n) is 2.37. The third-order valence-corrected chi connectivity index (χ3v) is 3.18. The van der Waals surface area contributed by atoms with E-state index in [0.717, 1.165) is 5.69 Å². The number of benzene rings is 1. The zero-order valence-corrected chi connectivity index (χ0v) is 10.7. The molecule has 0 bridgehead atoms. The smallest absolute Gasteiger partial charge is 0.195 e. The lowest BCUT2D eigenvalue weighted by Gasteiger charge is -2.04. The van der Waals surface area contributed by atoms with Crippen LogP contribution < -0.4 is 0 Å². The van der Waals surface area contributed by atoms with Crippen molar-refractivity contribution in [3.05, 3.63) is 63.6 Å². The molecule has 0 saturated carbocycles. The van der Waals surface area contributed by atoms with Gasteiger partial charge in [-0.1, -0.05) is 6.07 Å². The molecular weight excluding hydrogens is 285 g/mol. The maximum absolute atomic E-state index is 13.3. The molecule has 0 aliphatic carbocycles. The zero-order chi connectivity index (χ0) is 12.4. The monoisotopic (exact) mass is 293 g/mol. The summed E-state index contributed by atoms with van der Waals surface area (Å²) >= 11 is 3.08. The van der Waals surface area contributed by atoms with E-state index in [9.17, 15) is 9.18 Å². The van der Waals surface area contributed by atoms with E-state index in [-0.39, 0.29) is 10.3 Å². The fourth-order valence-corrected chi connectivity index (χ4v) is 1.88. The van der Waals surface area contributed by atoms with Crippen LogP contribution in [0.2, 0.25) is 0 Å². The Morgan fingerprint density at radius 3 is 2.71 bits per heavy atom. The number of carbonyl (C=O) groups excluding carboxylic acids is 1. The number of carbonyl (C=O) groups is 1. The van der Waals surface area contributed by atoms with Gasteiger partial charge in [0.05, 0.1) is 4.47 Å². The summed E-state index contributed by atoms with van der Waals surface area (Å²) in [4.78, 5) is 16.1. The Morgan fingerprint density at radius 1 is 1.29 bits per heavy atom. The average molecular weight is 294 g/mol. The molecule has 17 heavy (non-hydrogen) atoms. The number of pyridine rings is 1. The van der Waals surface area contributed by atoms with Crippen molar-refractivity contribution in [3.8, 4) is 0 Å². The van der Waals surface area contributed by atoms with E-state index in [1.54, 1.807) is 18.2 Å². The molecular formula is C13H9BrFNO. The summed E-state index contributed by atoms with van der Waals surface area (Å²) in [6, 6.07) is 7.82. The second-order valence-electron chi connectivity index (χ2n) is 3.62. The molecule has 0 aliphatic heterocycles. The zero-order valence-electron chi connectivity index (χ0n) is 9.08. The van der Waals surface area contributed by atoms with Gasteiger partial charge in [-0.05, 0) is 47.1 Å². The molecule has 0 atom stereocenters. The summed E-state index contributed by atoms with van der Waals surface area (Å²) in [6.07, 6.45) is 1.50. The lowest BCUT2D eigenvalue weighted by Crippen LogP contribution is -2.04. The van der Waals surface area contributed by atoms with Crippen molar-refractivity contribution in [1.82, 2.24) is 4.98 Å². The van der Waals surface area contributed by atoms with Gasteiger partial charge in [-0.3, -0.25) is 9.78 Å². The summed E-state index contributed by atoms with van der Waals surface area (Å²) in [6.45, 7) is 1.84. The topological polar surface area (TPSA) is 30.0 Å². The maximum Gasteiger partial charge on any atom is 0.195 e. The van der Waals surface area contributed by atoms with Gasteiger partial charge in [0, 0.05) is 23.0 Å². The van der Waals surface area contributed by atoms with E-state index >= 15 is 0 Å². The van der Waals surface area contributed by atoms with Crippen LogP contribution in [0.3, 0.4) is 0 Å². The van der Waals surface area contributed by atoms with Gasteiger partial charge in [0.1, 0.15) is 5.82 Å². The van der Waals surface area contributed by atoms with Gasteiger partial charge in [-0.2, -0.15) is 0 Å². The molecule has 86 valence electrons. The molecule has 0 N–H and O–H groups in total. The Morgan fingerprint density at radius 2 is 2.06 bits per heavy atom. The Hall–Kier alpha value is -1.55. The van der Waals surface area contributed by atoms with Gasteiger partial charge in [-0.15, -0.1) is 0 Å². The first-order chi connectivity index (χ1) is 8.09. The third kappa shape index (κ3) is 2.42. The van der Waals surface area contributed by atoms with Crippen LogP contribution in [0.15, 0.2) is 41.0 Å². The van der Waals surface area contributed by atoms with E-state index in [1.165, 1.54) is 18.3 Å². The molecule has 0 spiro atoms. The van der Waals surface area contributed by atoms with E-state index in [1.807, 2.05) is 6.92 Å². The molecule has 0 fully saturated rings. The number of ketones is 1. The standard InChI is InChI=1S/C13H9BrFNO/c1-8-5-6-9(7-16-8)13(17)10-3-2-4-11(15)12(10)14/h2-7H,1H3. The van der Waals surface area contributed by atoms with Crippen LogP contribution in [-0.4, -0.2) is 10.8 Å². The van der Waals surface area contributed by atoms with E-state index in [2.05, 4.69) is 20.9 Å². The van der Waals surface area contributed by atoms with Crippen LogP contribution in [0.25, 0.3) is 0 Å². The molecule has 2 aromatic rings. The molecule has 0 aliphatic rings. The normalized spacial score (nSPS) is 10.3. The average Bonchev–Trinajstić information content (AvgIpc) is 2.33. The SMILES string of the molecule is Cc1ccc(C(=O)c2cccc(F)c2Br)cn1. The van der Waals surface area contributed by atoms with Gasteiger partial charge in [0.2, 0.25) is 0 Å². The first-order valence-electron chi connectivity index (χ1n) is 5.01. The second kappa shape index (κ2) is 4.75. The van der Waals surface area contributed by atoms with Crippen molar-refractivity contribution in [2.45, 2.75) is 6.92 Å². The molecule has 1 aromatic heterocycles. The van der Waals surface area contributed by atoms with Gasteiger partial charge in [0.25, 0.3) is 0 Å². The summed E-state index contributed by atoms with van der Waals surface area (Å²) in [7, 11) is 0. The number of aryl methyl sites for hydroxylation is 1. The van der Waals surface area contributed by atoms with Crippen LogP contribution >= 0.6 is 15.9 Å². The Kier molecular flexibility index (Phi) is 3.33. The van der Waals surface area contributed by atoms with E-state index in [0.29, 0.717) is 11.1 Å². The van der Waals surface area contributed by atoms with Gasteiger partial charge >= 0.3 is 0 Å².